The van der Waals surface area contributed by atoms with Gasteiger partial charge in [-0.15, -0.1) is 0 Å². The molecule has 2 aliphatic carbocycles. The molecule has 0 spiro atoms. The van der Waals surface area contributed by atoms with Crippen LogP contribution >= 0.6 is 0 Å². The van der Waals surface area contributed by atoms with Gasteiger partial charge < -0.3 is 15.2 Å². The predicted octanol–water partition coefficient (Wildman–Crippen LogP) is 4.08. The minimum absolute atomic E-state index is 0.0558. The van der Waals surface area contributed by atoms with E-state index >= 15 is 0 Å². The number of fused-ring (bicyclic) bond motifs is 3. The van der Waals surface area contributed by atoms with Gasteiger partial charge >= 0.3 is 6.09 Å². The maximum absolute atomic E-state index is 12.2. The van der Waals surface area contributed by atoms with Gasteiger partial charge in [-0.05, 0) is 47.9 Å². The highest BCUT2D eigenvalue weighted by Gasteiger charge is 2.36. The number of hydrogen-bond donors (Lipinski definition) is 2. The van der Waals surface area contributed by atoms with Crippen LogP contribution in [0.15, 0.2) is 48.5 Å². The summed E-state index contributed by atoms with van der Waals surface area (Å²) in [5.41, 5.74) is 3.96. The Kier molecular flexibility index (Phi) is 4.45. The molecule has 2 aromatic carbocycles. The first-order valence-electron chi connectivity index (χ1n) is 9.37. The quantitative estimate of drug-likeness (QED) is 0.853. The van der Waals surface area contributed by atoms with Crippen LogP contribution in [0, 0.1) is 5.92 Å². The Morgan fingerprint density at radius 2 is 1.69 bits per heavy atom. The smallest absolute Gasteiger partial charge is 0.407 e. The van der Waals surface area contributed by atoms with Gasteiger partial charge in [0.1, 0.15) is 6.61 Å². The summed E-state index contributed by atoms with van der Waals surface area (Å²) >= 11 is 0. The van der Waals surface area contributed by atoms with E-state index in [1.165, 1.54) is 22.3 Å². The average Bonchev–Trinajstić information content (AvgIpc) is 2.90. The van der Waals surface area contributed by atoms with E-state index in [4.69, 9.17) is 4.74 Å². The average molecular weight is 351 g/mol. The van der Waals surface area contributed by atoms with Crippen LogP contribution in [-0.2, 0) is 4.74 Å². The van der Waals surface area contributed by atoms with Gasteiger partial charge in [-0.3, -0.25) is 0 Å². The lowest BCUT2D eigenvalue weighted by atomic mass is 9.74. The number of aliphatic hydroxyl groups is 1. The van der Waals surface area contributed by atoms with Crippen LogP contribution < -0.4 is 5.32 Å². The van der Waals surface area contributed by atoms with Gasteiger partial charge in [0.25, 0.3) is 0 Å². The minimum Gasteiger partial charge on any atom is -0.449 e. The summed E-state index contributed by atoms with van der Waals surface area (Å²) < 4.78 is 5.51. The maximum Gasteiger partial charge on any atom is 0.407 e. The highest BCUT2D eigenvalue weighted by Crippen LogP contribution is 2.44. The van der Waals surface area contributed by atoms with Gasteiger partial charge in [-0.25, -0.2) is 4.79 Å². The van der Waals surface area contributed by atoms with Crippen molar-refractivity contribution in [3.8, 4) is 11.1 Å². The molecule has 2 N–H and O–H groups in total. The fourth-order valence-electron chi connectivity index (χ4n) is 4.08. The van der Waals surface area contributed by atoms with Crippen molar-refractivity contribution in [3.63, 3.8) is 0 Å². The van der Waals surface area contributed by atoms with Gasteiger partial charge in [0.15, 0.2) is 0 Å². The molecule has 0 aliphatic heterocycles. The summed E-state index contributed by atoms with van der Waals surface area (Å²) in [5, 5.41) is 13.2. The van der Waals surface area contributed by atoms with Crippen molar-refractivity contribution in [2.24, 2.45) is 5.92 Å². The van der Waals surface area contributed by atoms with Crippen LogP contribution in [0.5, 0.6) is 0 Å². The number of alkyl carbamates (subject to hydrolysis) is 1. The molecule has 2 aromatic rings. The fraction of sp³-hybridized carbons (Fsp3) is 0.409. The number of carbonyl (C=O) groups is 1. The monoisotopic (exact) mass is 351 g/mol. The molecule has 2 aliphatic rings. The highest BCUT2D eigenvalue weighted by atomic mass is 16.5. The van der Waals surface area contributed by atoms with Crippen LogP contribution in [-0.4, -0.2) is 30.0 Å². The van der Waals surface area contributed by atoms with Crippen LogP contribution in [0.1, 0.15) is 43.2 Å². The first-order valence-corrected chi connectivity index (χ1v) is 9.37. The Labute approximate surface area is 154 Å². The van der Waals surface area contributed by atoms with Crippen molar-refractivity contribution in [3.05, 3.63) is 59.7 Å². The molecular formula is C22H25NO3. The van der Waals surface area contributed by atoms with Crippen LogP contribution in [0.3, 0.4) is 0 Å². The normalized spacial score (nSPS) is 18.4. The zero-order valence-corrected chi connectivity index (χ0v) is 15.1. The van der Waals surface area contributed by atoms with Gasteiger partial charge in [-0.1, -0.05) is 55.0 Å². The summed E-state index contributed by atoms with van der Waals surface area (Å²) in [6.45, 7) is 2.32. The van der Waals surface area contributed by atoms with Crippen molar-refractivity contribution >= 4 is 6.09 Å². The first kappa shape index (κ1) is 17.1. The molecule has 4 nitrogen and oxygen atoms in total. The molecule has 1 atom stereocenters. The Hall–Kier alpha value is -2.33. The summed E-state index contributed by atoms with van der Waals surface area (Å²) in [4.78, 5) is 12.2. The Bertz CT molecular complexity index is 765. The number of hydrogen-bond acceptors (Lipinski definition) is 3. The molecule has 136 valence electrons. The Morgan fingerprint density at radius 1 is 1.12 bits per heavy atom. The van der Waals surface area contributed by atoms with E-state index in [9.17, 15) is 9.90 Å². The molecule has 1 amide bonds. The third-order valence-electron chi connectivity index (χ3n) is 5.92. The van der Waals surface area contributed by atoms with Crippen molar-refractivity contribution < 1.29 is 14.6 Å². The van der Waals surface area contributed by atoms with E-state index in [-0.39, 0.29) is 18.4 Å². The highest BCUT2D eigenvalue weighted by molar-refractivity contribution is 5.79. The molecule has 26 heavy (non-hydrogen) atoms. The van der Waals surface area contributed by atoms with Gasteiger partial charge in [-0.2, -0.15) is 0 Å². The number of benzene rings is 2. The van der Waals surface area contributed by atoms with Crippen LogP contribution in [0.25, 0.3) is 11.1 Å². The van der Waals surface area contributed by atoms with Crippen molar-refractivity contribution in [2.45, 2.75) is 37.7 Å². The fourth-order valence-corrected chi connectivity index (χ4v) is 4.08. The molecule has 4 heteroatoms. The van der Waals surface area contributed by atoms with Gasteiger partial charge in [0, 0.05) is 12.5 Å². The van der Waals surface area contributed by atoms with E-state index in [0.29, 0.717) is 6.61 Å². The second-order valence-corrected chi connectivity index (χ2v) is 7.66. The lowest BCUT2D eigenvalue weighted by Crippen LogP contribution is -2.48. The summed E-state index contributed by atoms with van der Waals surface area (Å²) in [6, 6.07) is 16.5. The third kappa shape index (κ3) is 3.10. The lowest BCUT2D eigenvalue weighted by Gasteiger charge is -2.38. The zero-order valence-electron chi connectivity index (χ0n) is 15.1. The molecule has 0 saturated heterocycles. The number of ether oxygens (including phenoxy) is 1. The Morgan fingerprint density at radius 3 is 2.23 bits per heavy atom. The number of rotatable bonds is 5. The maximum atomic E-state index is 12.2. The molecular weight excluding hydrogens is 326 g/mol. The number of amides is 1. The van der Waals surface area contributed by atoms with E-state index in [0.717, 1.165) is 19.3 Å². The number of nitrogens with one attached hydrogen (secondary N) is 1. The van der Waals surface area contributed by atoms with Crippen molar-refractivity contribution in [1.29, 1.82) is 0 Å². The molecule has 1 fully saturated rings. The molecule has 0 bridgehead atoms. The van der Waals surface area contributed by atoms with Crippen molar-refractivity contribution in [1.82, 2.24) is 5.32 Å². The minimum atomic E-state index is -0.857. The first-order chi connectivity index (χ1) is 12.6. The van der Waals surface area contributed by atoms with Gasteiger partial charge in [0.2, 0.25) is 0 Å². The largest absolute Gasteiger partial charge is 0.449 e. The molecule has 0 aromatic heterocycles. The second-order valence-electron chi connectivity index (χ2n) is 7.66. The van der Waals surface area contributed by atoms with Crippen molar-refractivity contribution in [2.75, 3.05) is 13.2 Å². The SMILES string of the molecule is CC(O)(CNC(=O)OCC1c2ccccc2-c2ccccc21)C1CCC1. The van der Waals surface area contributed by atoms with E-state index in [1.54, 1.807) is 6.92 Å². The molecule has 1 saturated carbocycles. The van der Waals surface area contributed by atoms with E-state index < -0.39 is 11.7 Å². The van der Waals surface area contributed by atoms with Crippen LogP contribution in [0.2, 0.25) is 0 Å². The van der Waals surface area contributed by atoms with E-state index in [1.807, 2.05) is 24.3 Å². The second kappa shape index (κ2) is 6.76. The third-order valence-corrected chi connectivity index (χ3v) is 5.92. The predicted molar refractivity (Wildman–Crippen MR) is 101 cm³/mol. The molecule has 1 unspecified atom stereocenters. The van der Waals surface area contributed by atoms with E-state index in [2.05, 4.69) is 29.6 Å². The topological polar surface area (TPSA) is 58.6 Å². The summed E-state index contributed by atoms with van der Waals surface area (Å²) in [7, 11) is 0. The molecule has 4 rings (SSSR count). The number of carbonyl (C=O) groups excluding carboxylic acids is 1. The molecule has 0 heterocycles. The van der Waals surface area contributed by atoms with Gasteiger partial charge in [0.05, 0.1) is 5.60 Å². The standard InChI is InChI=1S/C22H25NO3/c1-22(25,15-7-6-8-15)14-23-21(24)26-13-20-18-11-4-2-9-16(18)17-10-3-5-12-19(17)20/h2-5,9-12,15,20,25H,6-8,13-14H2,1H3,(H,23,24). The summed E-state index contributed by atoms with van der Waals surface area (Å²) in [5.74, 6) is 0.330. The zero-order chi connectivity index (χ0) is 18.1. The summed E-state index contributed by atoms with van der Waals surface area (Å²) in [6.07, 6.45) is 2.75. The van der Waals surface area contributed by atoms with Crippen LogP contribution in [0.4, 0.5) is 4.79 Å². The lowest BCUT2D eigenvalue weighted by molar-refractivity contribution is -0.0327. The Balaban J connectivity index is 1.39. The molecule has 0 radical (unpaired) electrons.